The van der Waals surface area contributed by atoms with Gasteiger partial charge in [0.25, 0.3) is 10.1 Å². The van der Waals surface area contributed by atoms with E-state index >= 15 is 0 Å². The summed E-state index contributed by atoms with van der Waals surface area (Å²) in [7, 11) is -6.21. The van der Waals surface area contributed by atoms with Gasteiger partial charge in [-0.25, -0.2) is 4.79 Å². The highest BCUT2D eigenvalue weighted by atomic mass is 35.5. The first-order valence-corrected chi connectivity index (χ1v) is 15.8. The summed E-state index contributed by atoms with van der Waals surface area (Å²) in [6.07, 6.45) is -0.793. The van der Waals surface area contributed by atoms with Crippen molar-refractivity contribution in [1.29, 1.82) is 0 Å². The van der Waals surface area contributed by atoms with E-state index in [0.29, 0.717) is 0 Å². The van der Waals surface area contributed by atoms with Crippen LogP contribution in [0.25, 0.3) is 0 Å². The van der Waals surface area contributed by atoms with Gasteiger partial charge in [0.2, 0.25) is 0 Å². The van der Waals surface area contributed by atoms with Crippen LogP contribution in [0.5, 0.6) is 0 Å². The van der Waals surface area contributed by atoms with E-state index in [1.54, 1.807) is 27.7 Å². The molecule has 0 amide bonds. The fourth-order valence-electron chi connectivity index (χ4n) is 2.13. The molecule has 0 spiro atoms. The van der Waals surface area contributed by atoms with Gasteiger partial charge in [0.15, 0.2) is 14.4 Å². The number of hydrogen-bond acceptors (Lipinski definition) is 8. The molecule has 190 valence electrons. The molecule has 11 heteroatoms. The minimum Gasteiger partial charge on any atom is -0.462 e. The second-order valence-electron chi connectivity index (χ2n) is 10.3. The van der Waals surface area contributed by atoms with Gasteiger partial charge in [-0.3, -0.25) is 8.98 Å². The molecule has 32 heavy (non-hydrogen) atoms. The number of hydrogen-bond donors (Lipinski definition) is 0. The third-order valence-electron chi connectivity index (χ3n) is 5.32. The highest BCUT2D eigenvalue weighted by Crippen LogP contribution is 2.40. The summed E-state index contributed by atoms with van der Waals surface area (Å²) in [4.78, 5) is 24.6. The summed E-state index contributed by atoms with van der Waals surface area (Å²) in [6.45, 7) is 16.4. The van der Waals surface area contributed by atoms with Crippen LogP contribution in [0.4, 0.5) is 0 Å². The lowest BCUT2D eigenvalue weighted by molar-refractivity contribution is -0.164. The smallest absolute Gasteiger partial charge is 0.334 e. The Bertz CT molecular complexity index is 714. The van der Waals surface area contributed by atoms with Gasteiger partial charge in [0, 0.05) is 11.3 Å². The number of esters is 2. The Morgan fingerprint density at radius 2 is 1.47 bits per heavy atom. The summed E-state index contributed by atoms with van der Waals surface area (Å²) in [5.74, 6) is -1.31. The van der Waals surface area contributed by atoms with Gasteiger partial charge in [-0.15, -0.1) is 11.6 Å². The van der Waals surface area contributed by atoms with Gasteiger partial charge in [0.05, 0.1) is 18.3 Å². The Morgan fingerprint density at radius 3 is 1.91 bits per heavy atom. The lowest BCUT2D eigenvalue weighted by Gasteiger charge is -2.42. The molecule has 0 saturated heterocycles. The number of carbonyl (C=O) groups excluding carboxylic acids is 2. The second kappa shape index (κ2) is 12.7. The molecule has 0 aromatic heterocycles. The van der Waals surface area contributed by atoms with Crippen LogP contribution in [0.2, 0.25) is 18.1 Å². The van der Waals surface area contributed by atoms with Gasteiger partial charge in [-0.2, -0.15) is 8.42 Å². The Hall–Kier alpha value is -0.683. The standard InChI is InChI=1S/C21H41ClO8SSi/c1-16(2)18(23)27-12-13-28-19(24)17(30-32(8,9)20(3,4)5)21(6,7)15-29-31(25,26)14-10-11-22/h16-17H,10-15H2,1-9H3/t17-/m0/s1. The van der Waals surface area contributed by atoms with Crippen LogP contribution in [0.15, 0.2) is 0 Å². The van der Waals surface area contributed by atoms with Crippen LogP contribution >= 0.6 is 11.6 Å². The molecule has 0 heterocycles. The van der Waals surface area contributed by atoms with Gasteiger partial charge in [-0.1, -0.05) is 48.5 Å². The first-order valence-electron chi connectivity index (χ1n) is 10.8. The average Bonchev–Trinajstić information content (AvgIpc) is 2.65. The minimum absolute atomic E-state index is 0.0701. The van der Waals surface area contributed by atoms with Crippen molar-refractivity contribution in [2.75, 3.05) is 31.5 Å². The second-order valence-corrected chi connectivity index (χ2v) is 17.2. The van der Waals surface area contributed by atoms with E-state index in [9.17, 15) is 18.0 Å². The van der Waals surface area contributed by atoms with E-state index in [4.69, 9.17) is 29.7 Å². The molecule has 8 nitrogen and oxygen atoms in total. The molecule has 0 saturated carbocycles. The molecular formula is C21H41ClO8SSi. The molecule has 0 aliphatic heterocycles. The lowest BCUT2D eigenvalue weighted by Crippen LogP contribution is -2.52. The number of rotatable bonds is 14. The van der Waals surface area contributed by atoms with Crippen LogP contribution in [0.3, 0.4) is 0 Å². The molecular weight excluding hydrogens is 476 g/mol. The highest BCUT2D eigenvalue weighted by Gasteiger charge is 2.47. The number of ether oxygens (including phenoxy) is 2. The first kappa shape index (κ1) is 31.3. The monoisotopic (exact) mass is 516 g/mol. The van der Waals surface area contributed by atoms with E-state index < -0.39 is 35.9 Å². The van der Waals surface area contributed by atoms with Crippen LogP contribution < -0.4 is 0 Å². The fraction of sp³-hybridized carbons (Fsp3) is 0.905. The predicted octanol–water partition coefficient (Wildman–Crippen LogP) is 4.12. The summed E-state index contributed by atoms with van der Waals surface area (Å²) in [6, 6.07) is 0. The van der Waals surface area contributed by atoms with Crippen molar-refractivity contribution >= 4 is 42.0 Å². The molecule has 0 N–H and O–H groups in total. The number of alkyl halides is 1. The maximum atomic E-state index is 13.0. The van der Waals surface area contributed by atoms with Crippen molar-refractivity contribution < 1.29 is 36.1 Å². The molecule has 0 aliphatic carbocycles. The summed E-state index contributed by atoms with van der Waals surface area (Å²) < 4.78 is 46.2. The van der Waals surface area contributed by atoms with Crippen molar-refractivity contribution in [3.8, 4) is 0 Å². The largest absolute Gasteiger partial charge is 0.462 e. The third kappa shape index (κ3) is 11.0. The molecule has 0 rings (SSSR count). The SMILES string of the molecule is CC(C)C(=O)OCCOC(=O)[C@H](O[Si](C)(C)C(C)(C)C)C(C)(C)COS(=O)(=O)CCCCl. The molecule has 0 fully saturated rings. The molecule has 0 aromatic rings. The maximum absolute atomic E-state index is 13.0. The van der Waals surface area contributed by atoms with Crippen molar-refractivity contribution in [2.45, 2.75) is 79.1 Å². The van der Waals surface area contributed by atoms with E-state index in [2.05, 4.69) is 0 Å². The lowest BCUT2D eigenvalue weighted by atomic mass is 9.87. The van der Waals surface area contributed by atoms with E-state index in [1.165, 1.54) is 0 Å². The Morgan fingerprint density at radius 1 is 0.969 bits per heavy atom. The number of halogens is 1. The summed E-state index contributed by atoms with van der Waals surface area (Å²) in [5, 5.41) is -0.193. The third-order valence-corrected chi connectivity index (χ3v) is 11.3. The molecule has 0 bridgehead atoms. The zero-order valence-electron chi connectivity index (χ0n) is 20.9. The van der Waals surface area contributed by atoms with E-state index in [0.717, 1.165) is 0 Å². The topological polar surface area (TPSA) is 105 Å². The normalized spacial score (nSPS) is 14.3. The van der Waals surface area contributed by atoms with Crippen LogP contribution in [-0.2, 0) is 37.8 Å². The van der Waals surface area contributed by atoms with Crippen molar-refractivity contribution in [2.24, 2.45) is 11.3 Å². The van der Waals surface area contributed by atoms with Crippen LogP contribution in [0, 0.1) is 11.3 Å². The molecule has 0 aliphatic rings. The van der Waals surface area contributed by atoms with E-state index in [1.807, 2.05) is 33.9 Å². The van der Waals surface area contributed by atoms with Crippen LogP contribution in [-0.4, -0.2) is 66.2 Å². The zero-order chi connectivity index (χ0) is 25.4. The minimum atomic E-state index is -3.79. The molecule has 0 unspecified atom stereocenters. The Balaban J connectivity index is 5.44. The first-order chi connectivity index (χ1) is 14.4. The zero-order valence-corrected chi connectivity index (χ0v) is 23.5. The van der Waals surface area contributed by atoms with E-state index in [-0.39, 0.29) is 54.8 Å². The average molecular weight is 517 g/mol. The van der Waals surface area contributed by atoms with Crippen molar-refractivity contribution in [3.05, 3.63) is 0 Å². The van der Waals surface area contributed by atoms with Crippen molar-refractivity contribution in [1.82, 2.24) is 0 Å². The van der Waals surface area contributed by atoms with Crippen molar-refractivity contribution in [3.63, 3.8) is 0 Å². The predicted molar refractivity (Wildman–Crippen MR) is 128 cm³/mol. The fourth-order valence-corrected chi connectivity index (χ4v) is 4.88. The Labute approximate surface area is 199 Å². The highest BCUT2D eigenvalue weighted by molar-refractivity contribution is 7.86. The maximum Gasteiger partial charge on any atom is 0.334 e. The molecule has 1 atom stereocenters. The van der Waals surface area contributed by atoms with Crippen LogP contribution in [0.1, 0.15) is 54.9 Å². The van der Waals surface area contributed by atoms with Gasteiger partial charge < -0.3 is 13.9 Å². The molecule has 0 aromatic carbocycles. The summed E-state index contributed by atoms with van der Waals surface area (Å²) in [5.41, 5.74) is -1.00. The van der Waals surface area contributed by atoms with Gasteiger partial charge in [-0.05, 0) is 24.6 Å². The number of carbonyl (C=O) groups is 2. The summed E-state index contributed by atoms with van der Waals surface area (Å²) >= 11 is 5.57. The Kier molecular flexibility index (Phi) is 12.4. The van der Waals surface area contributed by atoms with Gasteiger partial charge >= 0.3 is 11.9 Å². The molecule has 0 radical (unpaired) electrons. The quantitative estimate of drug-likeness (QED) is 0.112. The van der Waals surface area contributed by atoms with Gasteiger partial charge in [0.1, 0.15) is 13.2 Å².